The summed E-state index contributed by atoms with van der Waals surface area (Å²) in [4.78, 5) is 13.3. The molecule has 86 valence electrons. The van der Waals surface area contributed by atoms with Crippen molar-refractivity contribution in [2.75, 3.05) is 12.0 Å². The molecule has 1 aliphatic heterocycles. The molecule has 0 N–H and O–H groups in total. The van der Waals surface area contributed by atoms with Crippen LogP contribution in [0.3, 0.4) is 0 Å². The van der Waals surface area contributed by atoms with E-state index in [-0.39, 0.29) is 17.7 Å². The molecule has 0 radical (unpaired) electrons. The minimum atomic E-state index is -0.438. The average Bonchev–Trinajstić information content (AvgIpc) is 2.58. The predicted molar refractivity (Wildman–Crippen MR) is 59.1 cm³/mol. The molecule has 1 unspecified atom stereocenters. The van der Waals surface area contributed by atoms with Gasteiger partial charge >= 0.3 is 0 Å². The first-order chi connectivity index (χ1) is 7.63. The Morgan fingerprint density at radius 3 is 2.75 bits per heavy atom. The summed E-state index contributed by atoms with van der Waals surface area (Å²) in [6.45, 7) is 1.97. The van der Waals surface area contributed by atoms with Gasteiger partial charge in [-0.05, 0) is 25.5 Å². The van der Waals surface area contributed by atoms with Crippen molar-refractivity contribution in [2.24, 2.45) is 0 Å². The summed E-state index contributed by atoms with van der Waals surface area (Å²) in [5.41, 5.74) is 0.605. The molecule has 1 amide bonds. The van der Waals surface area contributed by atoms with Crippen molar-refractivity contribution in [3.05, 3.63) is 24.0 Å². The Labute approximate surface area is 93.8 Å². The van der Waals surface area contributed by atoms with Crippen molar-refractivity contribution < 1.29 is 13.9 Å². The lowest BCUT2D eigenvalue weighted by atomic mass is 10.2. The highest BCUT2D eigenvalue weighted by molar-refractivity contribution is 5.96. The lowest BCUT2D eigenvalue weighted by Gasteiger charge is -2.22. The van der Waals surface area contributed by atoms with Gasteiger partial charge < -0.3 is 9.64 Å². The molecule has 1 fully saturated rings. The van der Waals surface area contributed by atoms with Gasteiger partial charge in [0.2, 0.25) is 5.91 Å². The minimum Gasteiger partial charge on any atom is -0.494 e. The zero-order valence-corrected chi connectivity index (χ0v) is 9.37. The van der Waals surface area contributed by atoms with Gasteiger partial charge in [0.25, 0.3) is 0 Å². The lowest BCUT2D eigenvalue weighted by molar-refractivity contribution is -0.117. The van der Waals surface area contributed by atoms with E-state index >= 15 is 0 Å². The number of benzene rings is 1. The molecule has 0 spiro atoms. The summed E-state index contributed by atoms with van der Waals surface area (Å²) >= 11 is 0. The smallest absolute Gasteiger partial charge is 0.227 e. The van der Waals surface area contributed by atoms with Gasteiger partial charge in [0.15, 0.2) is 11.6 Å². The number of nitrogens with zero attached hydrogens (tertiary/aromatic N) is 1. The molecular formula is C12H14FNO2. The van der Waals surface area contributed by atoms with Crippen LogP contribution in [0.1, 0.15) is 19.8 Å². The van der Waals surface area contributed by atoms with Crippen LogP contribution in [-0.4, -0.2) is 19.1 Å². The van der Waals surface area contributed by atoms with Gasteiger partial charge in [-0.2, -0.15) is 0 Å². The number of hydrogen-bond donors (Lipinski definition) is 0. The summed E-state index contributed by atoms with van der Waals surface area (Å²) in [5.74, 6) is -0.188. The van der Waals surface area contributed by atoms with Gasteiger partial charge in [0.1, 0.15) is 0 Å². The Morgan fingerprint density at radius 2 is 2.25 bits per heavy atom. The average molecular weight is 223 g/mol. The highest BCUT2D eigenvalue weighted by Gasteiger charge is 2.29. The van der Waals surface area contributed by atoms with Crippen molar-refractivity contribution in [3.8, 4) is 5.75 Å². The Kier molecular flexibility index (Phi) is 2.81. The van der Waals surface area contributed by atoms with Crippen LogP contribution in [0, 0.1) is 5.82 Å². The number of rotatable bonds is 2. The van der Waals surface area contributed by atoms with E-state index < -0.39 is 5.82 Å². The summed E-state index contributed by atoms with van der Waals surface area (Å²) in [6.07, 6.45) is 1.36. The summed E-state index contributed by atoms with van der Waals surface area (Å²) in [7, 11) is 1.42. The van der Waals surface area contributed by atoms with Crippen LogP contribution in [0.15, 0.2) is 18.2 Å². The fourth-order valence-corrected chi connectivity index (χ4v) is 2.03. The molecule has 0 aliphatic carbocycles. The van der Waals surface area contributed by atoms with E-state index in [4.69, 9.17) is 4.74 Å². The molecule has 1 aromatic rings. The van der Waals surface area contributed by atoms with Crippen LogP contribution >= 0.6 is 0 Å². The van der Waals surface area contributed by atoms with Crippen LogP contribution in [-0.2, 0) is 4.79 Å². The highest BCUT2D eigenvalue weighted by atomic mass is 19.1. The first-order valence-electron chi connectivity index (χ1n) is 5.29. The molecule has 16 heavy (non-hydrogen) atoms. The third-order valence-corrected chi connectivity index (χ3v) is 2.90. The van der Waals surface area contributed by atoms with Crippen molar-refractivity contribution in [1.82, 2.24) is 0 Å². The Bertz CT molecular complexity index is 419. The number of halogens is 1. The third-order valence-electron chi connectivity index (χ3n) is 2.90. The number of carbonyl (C=O) groups excluding carboxylic acids is 1. The van der Waals surface area contributed by atoms with Crippen LogP contribution in [0.4, 0.5) is 10.1 Å². The molecular weight excluding hydrogens is 209 g/mol. The first-order valence-corrected chi connectivity index (χ1v) is 5.29. The fourth-order valence-electron chi connectivity index (χ4n) is 2.03. The van der Waals surface area contributed by atoms with Gasteiger partial charge in [-0.25, -0.2) is 4.39 Å². The minimum absolute atomic E-state index is 0.0528. The van der Waals surface area contributed by atoms with Crippen LogP contribution in [0.5, 0.6) is 5.75 Å². The van der Waals surface area contributed by atoms with E-state index in [0.29, 0.717) is 12.1 Å². The highest BCUT2D eigenvalue weighted by Crippen LogP contribution is 2.29. The fraction of sp³-hybridized carbons (Fsp3) is 0.417. The predicted octanol–water partition coefficient (Wildman–Crippen LogP) is 2.35. The zero-order valence-electron chi connectivity index (χ0n) is 9.37. The lowest BCUT2D eigenvalue weighted by Crippen LogP contribution is -2.30. The molecule has 0 saturated carbocycles. The van der Waals surface area contributed by atoms with E-state index in [9.17, 15) is 9.18 Å². The van der Waals surface area contributed by atoms with E-state index in [0.717, 1.165) is 6.42 Å². The maximum absolute atomic E-state index is 13.5. The van der Waals surface area contributed by atoms with Crippen molar-refractivity contribution in [3.63, 3.8) is 0 Å². The van der Waals surface area contributed by atoms with E-state index in [1.807, 2.05) is 6.92 Å². The molecule has 0 aromatic heterocycles. The third kappa shape index (κ3) is 1.75. The van der Waals surface area contributed by atoms with Crippen molar-refractivity contribution in [2.45, 2.75) is 25.8 Å². The number of amides is 1. The maximum atomic E-state index is 13.5. The molecule has 1 aliphatic rings. The van der Waals surface area contributed by atoms with Gasteiger partial charge in [-0.3, -0.25) is 4.79 Å². The second-order valence-electron chi connectivity index (χ2n) is 3.97. The summed E-state index contributed by atoms with van der Waals surface area (Å²) < 4.78 is 18.3. The van der Waals surface area contributed by atoms with Crippen LogP contribution < -0.4 is 9.64 Å². The van der Waals surface area contributed by atoms with Crippen LogP contribution in [0.25, 0.3) is 0 Å². The zero-order chi connectivity index (χ0) is 11.7. The quantitative estimate of drug-likeness (QED) is 0.770. The monoisotopic (exact) mass is 223 g/mol. The number of anilines is 1. The van der Waals surface area contributed by atoms with E-state index in [2.05, 4.69) is 0 Å². The molecule has 2 rings (SSSR count). The number of ether oxygens (including phenoxy) is 1. The standard InChI is InChI=1S/C12H14FNO2/c1-8-3-6-12(15)14(8)9-4-5-11(16-2)10(13)7-9/h4-5,7-8H,3,6H2,1-2H3. The van der Waals surface area contributed by atoms with Gasteiger partial charge in [-0.1, -0.05) is 0 Å². The van der Waals surface area contributed by atoms with E-state index in [1.54, 1.807) is 17.0 Å². The van der Waals surface area contributed by atoms with Gasteiger partial charge in [0, 0.05) is 24.2 Å². The molecule has 1 saturated heterocycles. The summed E-state index contributed by atoms with van der Waals surface area (Å²) in [5, 5.41) is 0. The van der Waals surface area contributed by atoms with Crippen molar-refractivity contribution >= 4 is 11.6 Å². The topological polar surface area (TPSA) is 29.5 Å². The number of carbonyl (C=O) groups is 1. The Morgan fingerprint density at radius 1 is 1.50 bits per heavy atom. The molecule has 1 aromatic carbocycles. The van der Waals surface area contributed by atoms with Crippen molar-refractivity contribution in [1.29, 1.82) is 0 Å². The SMILES string of the molecule is COc1ccc(N2C(=O)CCC2C)cc1F. The van der Waals surface area contributed by atoms with Gasteiger partial charge in [0.05, 0.1) is 7.11 Å². The molecule has 1 atom stereocenters. The molecule has 4 heteroatoms. The van der Waals surface area contributed by atoms with Gasteiger partial charge in [-0.15, -0.1) is 0 Å². The number of hydrogen-bond acceptors (Lipinski definition) is 2. The van der Waals surface area contributed by atoms with E-state index in [1.165, 1.54) is 13.2 Å². The second kappa shape index (κ2) is 4.12. The maximum Gasteiger partial charge on any atom is 0.227 e. The normalized spacial score (nSPS) is 20.3. The molecule has 1 heterocycles. The number of methoxy groups -OCH3 is 1. The summed E-state index contributed by atoms with van der Waals surface area (Å²) in [6, 6.07) is 4.74. The van der Waals surface area contributed by atoms with Crippen LogP contribution in [0.2, 0.25) is 0 Å². The largest absolute Gasteiger partial charge is 0.494 e. The molecule has 0 bridgehead atoms. The second-order valence-corrected chi connectivity index (χ2v) is 3.97. The Hall–Kier alpha value is -1.58. The first kappa shape index (κ1) is 10.9. The molecule has 3 nitrogen and oxygen atoms in total. The Balaban J connectivity index is 2.34.